The first-order chi connectivity index (χ1) is 14.7. The molecule has 1 aromatic carbocycles. The lowest BCUT2D eigenvalue weighted by molar-refractivity contribution is -0.116. The van der Waals surface area contributed by atoms with E-state index >= 15 is 0 Å². The van der Waals surface area contributed by atoms with Crippen LogP contribution in [-0.4, -0.2) is 33.1 Å². The van der Waals surface area contributed by atoms with E-state index in [1.165, 1.54) is 17.8 Å². The Bertz CT molecular complexity index is 1010. The number of thiophene rings is 1. The van der Waals surface area contributed by atoms with Crippen molar-refractivity contribution < 1.29 is 9.59 Å². The lowest BCUT2D eigenvalue weighted by Crippen LogP contribution is -2.24. The van der Waals surface area contributed by atoms with Crippen molar-refractivity contribution >= 4 is 28.8 Å². The summed E-state index contributed by atoms with van der Waals surface area (Å²) < 4.78 is 2.20. The molecule has 0 saturated carbocycles. The topological polar surface area (TPSA) is 88.9 Å². The van der Waals surface area contributed by atoms with Crippen LogP contribution in [0, 0.1) is 0 Å². The van der Waals surface area contributed by atoms with Crippen LogP contribution in [0.2, 0.25) is 0 Å². The number of hydrogen-bond donors (Lipinski definition) is 2. The number of aromatic nitrogens is 3. The average molecular weight is 424 g/mol. The third-order valence-electron chi connectivity index (χ3n) is 5.13. The molecule has 0 fully saturated rings. The Labute approximate surface area is 179 Å². The number of carbonyl (C=O) groups excluding carboxylic acids is 2. The van der Waals surface area contributed by atoms with Gasteiger partial charge in [0.25, 0.3) is 5.91 Å². The maximum Gasteiger partial charge on any atom is 0.261 e. The number of hydrogen-bond acceptors (Lipinski definition) is 5. The lowest BCUT2D eigenvalue weighted by Gasteiger charge is -2.10. The molecule has 2 N–H and O–H groups in total. The molecule has 1 aliphatic heterocycles. The zero-order chi connectivity index (χ0) is 20.8. The molecule has 3 aromatic rings. The van der Waals surface area contributed by atoms with E-state index in [-0.39, 0.29) is 11.8 Å². The van der Waals surface area contributed by atoms with Gasteiger partial charge in [-0.25, -0.2) is 0 Å². The number of nitrogens with one attached hydrogen (secondary N) is 2. The summed E-state index contributed by atoms with van der Waals surface area (Å²) in [5.41, 5.74) is 1.70. The van der Waals surface area contributed by atoms with Crippen LogP contribution in [0.1, 0.15) is 47.6 Å². The minimum atomic E-state index is -0.0921. The molecule has 0 bridgehead atoms. The predicted molar refractivity (Wildman–Crippen MR) is 118 cm³/mol. The maximum atomic E-state index is 12.3. The molecule has 2 aromatic heterocycles. The van der Waals surface area contributed by atoms with Crippen molar-refractivity contribution in [3.8, 4) is 11.4 Å². The van der Waals surface area contributed by atoms with E-state index in [2.05, 4.69) is 25.4 Å². The number of fused-ring (bicyclic) bond motifs is 1. The van der Waals surface area contributed by atoms with E-state index in [1.54, 1.807) is 6.07 Å². The molecule has 7 nitrogen and oxygen atoms in total. The van der Waals surface area contributed by atoms with E-state index in [0.717, 1.165) is 48.7 Å². The molecule has 0 saturated heterocycles. The van der Waals surface area contributed by atoms with Gasteiger partial charge < -0.3 is 15.2 Å². The van der Waals surface area contributed by atoms with Gasteiger partial charge in [-0.1, -0.05) is 24.6 Å². The molecule has 30 heavy (non-hydrogen) atoms. The van der Waals surface area contributed by atoms with Gasteiger partial charge >= 0.3 is 0 Å². The summed E-state index contributed by atoms with van der Waals surface area (Å²) in [6.07, 6.45) is 5.40. The number of anilines is 1. The van der Waals surface area contributed by atoms with Crippen molar-refractivity contribution in [3.63, 3.8) is 0 Å². The van der Waals surface area contributed by atoms with Gasteiger partial charge in [0, 0.05) is 37.2 Å². The highest BCUT2D eigenvalue weighted by atomic mass is 32.1. The predicted octanol–water partition coefficient (Wildman–Crippen LogP) is 3.88. The smallest absolute Gasteiger partial charge is 0.261 e. The van der Waals surface area contributed by atoms with Gasteiger partial charge in [-0.2, -0.15) is 0 Å². The average Bonchev–Trinajstić information content (AvgIpc) is 3.37. The SMILES string of the molecule is O=C(CCCNC(=O)c1cccs1)Nc1cccc(-c2nnc3n2CCCCC3)c1. The Balaban J connectivity index is 1.30. The van der Waals surface area contributed by atoms with Crippen molar-refractivity contribution in [1.29, 1.82) is 0 Å². The van der Waals surface area contributed by atoms with Gasteiger partial charge in [-0.15, -0.1) is 21.5 Å². The Kier molecular flexibility index (Phi) is 6.53. The summed E-state index contributed by atoms with van der Waals surface area (Å²) in [7, 11) is 0. The number of rotatable bonds is 7. The van der Waals surface area contributed by atoms with Crippen LogP contribution in [0.4, 0.5) is 5.69 Å². The Morgan fingerprint density at radius 1 is 1.10 bits per heavy atom. The fourth-order valence-corrected chi connectivity index (χ4v) is 4.24. The number of amides is 2. The molecular weight excluding hydrogens is 398 g/mol. The Hall–Kier alpha value is -3.00. The first kappa shape index (κ1) is 20.3. The van der Waals surface area contributed by atoms with Crippen LogP contribution >= 0.6 is 11.3 Å². The second kappa shape index (κ2) is 9.67. The lowest BCUT2D eigenvalue weighted by atomic mass is 10.1. The molecule has 0 spiro atoms. The van der Waals surface area contributed by atoms with Crippen LogP contribution < -0.4 is 10.6 Å². The summed E-state index contributed by atoms with van der Waals surface area (Å²) in [5, 5.41) is 16.4. The van der Waals surface area contributed by atoms with Crippen LogP contribution in [0.3, 0.4) is 0 Å². The van der Waals surface area contributed by atoms with Gasteiger partial charge in [0.2, 0.25) is 5.91 Å². The summed E-state index contributed by atoms with van der Waals surface area (Å²) in [6, 6.07) is 11.4. The normalized spacial score (nSPS) is 13.3. The molecule has 4 rings (SSSR count). The molecule has 156 valence electrons. The van der Waals surface area contributed by atoms with Crippen LogP contribution in [0.25, 0.3) is 11.4 Å². The van der Waals surface area contributed by atoms with Gasteiger partial charge in [-0.05, 0) is 42.8 Å². The zero-order valence-corrected chi connectivity index (χ0v) is 17.6. The van der Waals surface area contributed by atoms with E-state index in [0.29, 0.717) is 24.3 Å². The molecule has 2 amide bonds. The maximum absolute atomic E-state index is 12.3. The number of benzene rings is 1. The van der Waals surface area contributed by atoms with E-state index in [4.69, 9.17) is 0 Å². The van der Waals surface area contributed by atoms with Gasteiger partial charge in [0.15, 0.2) is 5.82 Å². The quantitative estimate of drug-likeness (QED) is 0.565. The number of nitrogens with zero attached hydrogens (tertiary/aromatic N) is 3. The minimum Gasteiger partial charge on any atom is -0.351 e. The fourth-order valence-electron chi connectivity index (χ4n) is 3.60. The van der Waals surface area contributed by atoms with E-state index in [1.807, 2.05) is 35.7 Å². The van der Waals surface area contributed by atoms with Crippen LogP contribution in [0.5, 0.6) is 0 Å². The minimum absolute atomic E-state index is 0.0717. The van der Waals surface area contributed by atoms with E-state index in [9.17, 15) is 9.59 Å². The second-order valence-corrected chi connectivity index (χ2v) is 8.32. The monoisotopic (exact) mass is 423 g/mol. The summed E-state index contributed by atoms with van der Waals surface area (Å²) >= 11 is 1.40. The summed E-state index contributed by atoms with van der Waals surface area (Å²) in [6.45, 7) is 1.40. The highest BCUT2D eigenvalue weighted by Gasteiger charge is 2.16. The molecule has 0 radical (unpaired) electrons. The number of aryl methyl sites for hydroxylation is 1. The molecule has 0 atom stereocenters. The third-order valence-corrected chi connectivity index (χ3v) is 5.99. The highest BCUT2D eigenvalue weighted by Crippen LogP contribution is 2.25. The molecule has 1 aliphatic rings. The second-order valence-electron chi connectivity index (χ2n) is 7.37. The standard InChI is InChI=1S/C22H25N5O2S/c28-20(11-5-12-23-22(29)18-9-6-14-30-18)24-17-8-4-7-16(15-17)21-26-25-19-10-2-1-3-13-27(19)21/h4,6-9,14-15H,1-3,5,10-13H2,(H,23,29)(H,24,28). The van der Waals surface area contributed by atoms with Gasteiger partial charge in [0.1, 0.15) is 5.82 Å². The van der Waals surface area contributed by atoms with Crippen LogP contribution in [0.15, 0.2) is 41.8 Å². The largest absolute Gasteiger partial charge is 0.351 e. The first-order valence-corrected chi connectivity index (χ1v) is 11.2. The molecular formula is C22H25N5O2S. The third kappa shape index (κ3) is 4.94. The first-order valence-electron chi connectivity index (χ1n) is 10.3. The van der Waals surface area contributed by atoms with Crippen molar-refractivity contribution in [1.82, 2.24) is 20.1 Å². The Morgan fingerprint density at radius 2 is 2.03 bits per heavy atom. The van der Waals surface area contributed by atoms with Crippen LogP contribution in [-0.2, 0) is 17.8 Å². The van der Waals surface area contributed by atoms with Gasteiger partial charge in [0.05, 0.1) is 4.88 Å². The van der Waals surface area contributed by atoms with Crippen molar-refractivity contribution in [2.75, 3.05) is 11.9 Å². The van der Waals surface area contributed by atoms with Crippen molar-refractivity contribution in [3.05, 3.63) is 52.5 Å². The summed E-state index contributed by atoms with van der Waals surface area (Å²) in [4.78, 5) is 24.9. The molecule has 0 unspecified atom stereocenters. The van der Waals surface area contributed by atoms with Crippen molar-refractivity contribution in [2.45, 2.75) is 45.1 Å². The zero-order valence-electron chi connectivity index (χ0n) is 16.8. The van der Waals surface area contributed by atoms with Crippen molar-refractivity contribution in [2.24, 2.45) is 0 Å². The van der Waals surface area contributed by atoms with E-state index < -0.39 is 0 Å². The van der Waals surface area contributed by atoms with Gasteiger partial charge in [-0.3, -0.25) is 9.59 Å². The summed E-state index contributed by atoms with van der Waals surface area (Å²) in [5.74, 6) is 1.74. The fraction of sp³-hybridized carbons (Fsp3) is 0.364. The molecule has 8 heteroatoms. The number of carbonyl (C=O) groups is 2. The molecule has 3 heterocycles. The highest BCUT2D eigenvalue weighted by molar-refractivity contribution is 7.12. The molecule has 0 aliphatic carbocycles. The Morgan fingerprint density at radius 3 is 2.90 bits per heavy atom.